The molecule has 0 saturated carbocycles. The van der Waals surface area contributed by atoms with Gasteiger partial charge in [-0.2, -0.15) is 0 Å². The molecular weight excluding hydrogens is 237 g/mol. The molecule has 2 heteroatoms. The first kappa shape index (κ1) is 16.2. The van der Waals surface area contributed by atoms with Gasteiger partial charge in [-0.25, -0.2) is 4.39 Å². The van der Waals surface area contributed by atoms with Crippen molar-refractivity contribution in [1.82, 2.24) is 5.32 Å². The zero-order chi connectivity index (χ0) is 14.8. The van der Waals surface area contributed by atoms with Gasteiger partial charge in [-0.3, -0.25) is 0 Å². The topological polar surface area (TPSA) is 12.0 Å². The first-order valence-electron chi connectivity index (χ1n) is 7.10. The van der Waals surface area contributed by atoms with Crippen LogP contribution < -0.4 is 5.32 Å². The maximum atomic E-state index is 14.3. The summed E-state index contributed by atoms with van der Waals surface area (Å²) in [7, 11) is 1.92. The summed E-state index contributed by atoms with van der Waals surface area (Å²) in [5, 5.41) is 3.28. The number of hydrogen-bond donors (Lipinski definition) is 1. The summed E-state index contributed by atoms with van der Waals surface area (Å²) in [6, 6.07) is 3.77. The van der Waals surface area contributed by atoms with Gasteiger partial charge >= 0.3 is 0 Å². The maximum Gasteiger partial charge on any atom is 0.128 e. The Hall–Kier alpha value is -0.890. The second kappa shape index (κ2) is 6.04. The van der Waals surface area contributed by atoms with Gasteiger partial charge in [-0.1, -0.05) is 33.8 Å². The van der Waals surface area contributed by atoms with E-state index in [-0.39, 0.29) is 17.3 Å². The van der Waals surface area contributed by atoms with Gasteiger partial charge in [0.25, 0.3) is 0 Å². The monoisotopic (exact) mass is 265 g/mol. The van der Waals surface area contributed by atoms with Crippen LogP contribution in [0.1, 0.15) is 56.8 Å². The van der Waals surface area contributed by atoms with Crippen LogP contribution in [0.2, 0.25) is 0 Å². The molecule has 0 amide bonds. The average Bonchev–Trinajstić information content (AvgIpc) is 2.24. The third-order valence-electron chi connectivity index (χ3n) is 4.25. The molecule has 1 aromatic carbocycles. The fourth-order valence-electron chi connectivity index (χ4n) is 2.46. The van der Waals surface area contributed by atoms with E-state index in [1.165, 1.54) is 0 Å². The van der Waals surface area contributed by atoms with Crippen molar-refractivity contribution in [3.05, 3.63) is 34.6 Å². The minimum absolute atomic E-state index is 0.0785. The van der Waals surface area contributed by atoms with E-state index in [1.54, 1.807) is 6.07 Å². The van der Waals surface area contributed by atoms with E-state index >= 15 is 0 Å². The van der Waals surface area contributed by atoms with Gasteiger partial charge in [-0.15, -0.1) is 0 Å². The highest BCUT2D eigenvalue weighted by atomic mass is 19.1. The summed E-state index contributed by atoms with van der Waals surface area (Å²) >= 11 is 0. The normalized spacial score (nSPS) is 15.4. The summed E-state index contributed by atoms with van der Waals surface area (Å²) in [5.41, 5.74) is 3.09. The van der Waals surface area contributed by atoms with Crippen LogP contribution in [0.4, 0.5) is 4.39 Å². The van der Waals surface area contributed by atoms with Gasteiger partial charge < -0.3 is 5.32 Å². The Bertz CT molecular complexity index is 408. The highest BCUT2D eigenvalue weighted by Crippen LogP contribution is 2.35. The van der Waals surface area contributed by atoms with Crippen LogP contribution in [0.3, 0.4) is 0 Å². The van der Waals surface area contributed by atoms with Crippen LogP contribution in [-0.2, 0) is 0 Å². The Morgan fingerprint density at radius 3 is 2.21 bits per heavy atom. The predicted octanol–water partition coefficient (Wildman–Crippen LogP) is 4.78. The van der Waals surface area contributed by atoms with E-state index in [0.717, 1.165) is 23.1 Å². The summed E-state index contributed by atoms with van der Waals surface area (Å²) in [5.74, 6) is 0.433. The second-order valence-corrected chi connectivity index (χ2v) is 6.82. The van der Waals surface area contributed by atoms with Crippen molar-refractivity contribution in [2.24, 2.45) is 11.3 Å². The second-order valence-electron chi connectivity index (χ2n) is 6.82. The zero-order valence-electron chi connectivity index (χ0n) is 13.4. The molecule has 0 spiro atoms. The largest absolute Gasteiger partial charge is 0.313 e. The quantitative estimate of drug-likeness (QED) is 0.826. The Labute approximate surface area is 117 Å². The fraction of sp³-hybridized carbons (Fsp3) is 0.647. The number of rotatable bonds is 4. The third kappa shape index (κ3) is 4.04. The van der Waals surface area contributed by atoms with E-state index in [0.29, 0.717) is 5.92 Å². The molecular formula is C17H28FN. The highest BCUT2D eigenvalue weighted by molar-refractivity contribution is 5.34. The van der Waals surface area contributed by atoms with Crippen LogP contribution >= 0.6 is 0 Å². The summed E-state index contributed by atoms with van der Waals surface area (Å²) in [6.07, 6.45) is 0.945. The van der Waals surface area contributed by atoms with Crippen molar-refractivity contribution < 1.29 is 4.39 Å². The van der Waals surface area contributed by atoms with Gasteiger partial charge in [-0.05, 0) is 55.8 Å². The number of hydrogen-bond acceptors (Lipinski definition) is 1. The Morgan fingerprint density at radius 2 is 1.79 bits per heavy atom. The first-order valence-corrected chi connectivity index (χ1v) is 7.10. The molecule has 2 unspecified atom stereocenters. The molecule has 1 N–H and O–H groups in total. The molecule has 108 valence electrons. The van der Waals surface area contributed by atoms with Gasteiger partial charge in [0.05, 0.1) is 0 Å². The van der Waals surface area contributed by atoms with Crippen molar-refractivity contribution in [2.75, 3.05) is 7.05 Å². The molecule has 0 aliphatic carbocycles. The van der Waals surface area contributed by atoms with Crippen molar-refractivity contribution >= 4 is 0 Å². The summed E-state index contributed by atoms with van der Waals surface area (Å²) in [4.78, 5) is 0. The molecule has 0 bridgehead atoms. The molecule has 0 radical (unpaired) electrons. The van der Waals surface area contributed by atoms with E-state index in [9.17, 15) is 4.39 Å². The average molecular weight is 265 g/mol. The van der Waals surface area contributed by atoms with E-state index < -0.39 is 0 Å². The lowest BCUT2D eigenvalue weighted by Gasteiger charge is -2.31. The summed E-state index contributed by atoms with van der Waals surface area (Å²) in [6.45, 7) is 12.9. The third-order valence-corrected chi connectivity index (χ3v) is 4.25. The molecule has 0 saturated heterocycles. The molecule has 0 aliphatic rings. The molecule has 0 fully saturated rings. The predicted molar refractivity (Wildman–Crippen MR) is 80.9 cm³/mol. The number of nitrogens with one attached hydrogen (secondary N) is 1. The van der Waals surface area contributed by atoms with Gasteiger partial charge in [0.15, 0.2) is 0 Å². The lowest BCUT2D eigenvalue weighted by Crippen LogP contribution is -2.26. The van der Waals surface area contributed by atoms with Crippen LogP contribution in [0.5, 0.6) is 0 Å². The van der Waals surface area contributed by atoms with Crippen molar-refractivity contribution in [3.63, 3.8) is 0 Å². The Balaban J connectivity index is 3.05. The molecule has 0 aliphatic heterocycles. The van der Waals surface area contributed by atoms with Crippen molar-refractivity contribution in [2.45, 2.75) is 54.0 Å². The first-order chi connectivity index (χ1) is 8.66. The molecule has 0 heterocycles. The maximum absolute atomic E-state index is 14.3. The number of aryl methyl sites for hydroxylation is 2. The Morgan fingerprint density at radius 1 is 1.21 bits per heavy atom. The van der Waals surface area contributed by atoms with E-state index in [2.05, 4.69) is 39.1 Å². The minimum atomic E-state index is -0.0852. The van der Waals surface area contributed by atoms with Crippen molar-refractivity contribution in [3.8, 4) is 0 Å². The van der Waals surface area contributed by atoms with Crippen LogP contribution in [0, 0.1) is 31.0 Å². The van der Waals surface area contributed by atoms with Crippen LogP contribution in [0.15, 0.2) is 12.1 Å². The zero-order valence-corrected chi connectivity index (χ0v) is 13.4. The van der Waals surface area contributed by atoms with E-state index in [1.807, 2.05) is 20.9 Å². The number of benzene rings is 1. The van der Waals surface area contributed by atoms with Gasteiger partial charge in [0.1, 0.15) is 5.82 Å². The highest BCUT2D eigenvalue weighted by Gasteiger charge is 2.26. The lowest BCUT2D eigenvalue weighted by atomic mass is 9.77. The SMILES string of the molecule is CNC(CC(C)C(C)(C)C)c1c(C)cc(C)cc1F. The molecule has 1 nitrogen and oxygen atoms in total. The van der Waals surface area contributed by atoms with Crippen LogP contribution in [-0.4, -0.2) is 7.05 Å². The van der Waals surface area contributed by atoms with Crippen LogP contribution in [0.25, 0.3) is 0 Å². The molecule has 1 aromatic rings. The molecule has 1 rings (SSSR count). The molecule has 0 aromatic heterocycles. The van der Waals surface area contributed by atoms with E-state index in [4.69, 9.17) is 0 Å². The smallest absolute Gasteiger partial charge is 0.128 e. The number of halogens is 1. The summed E-state index contributed by atoms with van der Waals surface area (Å²) < 4.78 is 14.3. The molecule has 2 atom stereocenters. The minimum Gasteiger partial charge on any atom is -0.313 e. The van der Waals surface area contributed by atoms with Crippen molar-refractivity contribution in [1.29, 1.82) is 0 Å². The fourth-order valence-corrected chi connectivity index (χ4v) is 2.46. The van der Waals surface area contributed by atoms with Gasteiger partial charge in [0.2, 0.25) is 0 Å². The lowest BCUT2D eigenvalue weighted by molar-refractivity contribution is 0.224. The standard InChI is InChI=1S/C17H28FN/c1-11-8-12(2)16(14(18)9-11)15(19-7)10-13(3)17(4,5)6/h8-9,13,15,19H,10H2,1-7H3. The molecule has 19 heavy (non-hydrogen) atoms. The van der Waals surface area contributed by atoms with Gasteiger partial charge in [0, 0.05) is 11.6 Å². The Kier molecular flexibility index (Phi) is 5.14.